The second-order valence-electron chi connectivity index (χ2n) is 3.96. The molecule has 5 heteroatoms. The van der Waals surface area contributed by atoms with Gasteiger partial charge < -0.3 is 20.3 Å². The van der Waals surface area contributed by atoms with Crippen LogP contribution in [0.15, 0.2) is 6.07 Å². The SMILES string of the molecule is NCCCc1c(O)c(F)cc2c1OCCCO2. The van der Waals surface area contributed by atoms with Gasteiger partial charge in [-0.15, -0.1) is 0 Å². The highest BCUT2D eigenvalue weighted by Gasteiger charge is 2.21. The average Bonchev–Trinajstić information content (AvgIpc) is 2.55. The van der Waals surface area contributed by atoms with E-state index in [0.717, 1.165) is 6.42 Å². The van der Waals surface area contributed by atoms with Crippen LogP contribution in [-0.2, 0) is 6.42 Å². The number of ether oxygens (including phenoxy) is 2. The Morgan fingerprint density at radius 2 is 2.12 bits per heavy atom. The van der Waals surface area contributed by atoms with Gasteiger partial charge in [0.2, 0.25) is 0 Å². The number of aromatic hydroxyl groups is 1. The van der Waals surface area contributed by atoms with Crippen LogP contribution >= 0.6 is 0 Å². The van der Waals surface area contributed by atoms with Crippen LogP contribution in [0.3, 0.4) is 0 Å². The fourth-order valence-electron chi connectivity index (χ4n) is 1.84. The zero-order valence-electron chi connectivity index (χ0n) is 9.54. The predicted molar refractivity (Wildman–Crippen MR) is 61.0 cm³/mol. The van der Waals surface area contributed by atoms with Crippen molar-refractivity contribution in [2.45, 2.75) is 19.3 Å². The van der Waals surface area contributed by atoms with Crippen molar-refractivity contribution in [2.24, 2.45) is 5.73 Å². The van der Waals surface area contributed by atoms with Gasteiger partial charge >= 0.3 is 0 Å². The molecule has 1 aromatic rings. The molecule has 0 bridgehead atoms. The van der Waals surface area contributed by atoms with Gasteiger partial charge in [0.25, 0.3) is 0 Å². The van der Waals surface area contributed by atoms with E-state index in [-0.39, 0.29) is 5.75 Å². The highest BCUT2D eigenvalue weighted by atomic mass is 19.1. The largest absolute Gasteiger partial charge is 0.505 e. The molecule has 1 aliphatic heterocycles. The Kier molecular flexibility index (Phi) is 3.68. The maximum Gasteiger partial charge on any atom is 0.169 e. The Morgan fingerprint density at radius 1 is 1.35 bits per heavy atom. The molecule has 1 aliphatic rings. The first-order chi connectivity index (χ1) is 8.24. The Bertz CT molecular complexity index is 409. The van der Waals surface area contributed by atoms with Crippen molar-refractivity contribution in [3.63, 3.8) is 0 Å². The summed E-state index contributed by atoms with van der Waals surface area (Å²) in [6.07, 6.45) is 1.88. The quantitative estimate of drug-likeness (QED) is 0.843. The Morgan fingerprint density at radius 3 is 2.88 bits per heavy atom. The minimum atomic E-state index is -0.679. The lowest BCUT2D eigenvalue weighted by Gasteiger charge is -2.14. The molecule has 0 saturated carbocycles. The fourth-order valence-corrected chi connectivity index (χ4v) is 1.84. The molecule has 0 unspecified atom stereocenters. The number of nitrogens with two attached hydrogens (primary N) is 1. The van der Waals surface area contributed by atoms with Gasteiger partial charge in [0.1, 0.15) is 0 Å². The third kappa shape index (κ3) is 2.44. The van der Waals surface area contributed by atoms with Gasteiger partial charge in [0.05, 0.1) is 13.2 Å². The standard InChI is InChI=1S/C12H16FNO3/c13-9-7-10-12(17-6-2-5-16-10)8(11(9)15)3-1-4-14/h7,15H,1-6,14H2. The molecule has 4 nitrogen and oxygen atoms in total. The van der Waals surface area contributed by atoms with Gasteiger partial charge in [0, 0.05) is 18.1 Å². The molecule has 0 spiro atoms. The van der Waals surface area contributed by atoms with Crippen LogP contribution in [0.1, 0.15) is 18.4 Å². The van der Waals surface area contributed by atoms with E-state index in [4.69, 9.17) is 15.2 Å². The van der Waals surface area contributed by atoms with E-state index in [1.807, 2.05) is 0 Å². The number of phenolic OH excluding ortho intramolecular Hbond substituents is 1. The lowest BCUT2D eigenvalue weighted by atomic mass is 10.1. The number of fused-ring (bicyclic) bond motifs is 1. The van der Waals surface area contributed by atoms with Gasteiger partial charge in [-0.3, -0.25) is 0 Å². The monoisotopic (exact) mass is 241 g/mol. The predicted octanol–water partition coefficient (Wildman–Crippen LogP) is 1.58. The molecule has 0 aliphatic carbocycles. The molecule has 0 atom stereocenters. The molecule has 0 aromatic heterocycles. The van der Waals surface area contributed by atoms with Gasteiger partial charge in [-0.05, 0) is 19.4 Å². The number of hydrogen-bond donors (Lipinski definition) is 2. The topological polar surface area (TPSA) is 64.7 Å². The van der Waals surface area contributed by atoms with Crippen molar-refractivity contribution in [2.75, 3.05) is 19.8 Å². The summed E-state index contributed by atoms with van der Waals surface area (Å²) < 4.78 is 24.4. The lowest BCUT2D eigenvalue weighted by Crippen LogP contribution is -2.04. The van der Waals surface area contributed by atoms with Crippen molar-refractivity contribution < 1.29 is 19.0 Å². The van der Waals surface area contributed by atoms with Gasteiger partial charge in [-0.2, -0.15) is 0 Å². The molecular weight excluding hydrogens is 225 g/mol. The zero-order chi connectivity index (χ0) is 12.3. The van der Waals surface area contributed by atoms with Crippen LogP contribution in [0, 0.1) is 5.82 Å². The molecule has 94 valence electrons. The molecule has 2 rings (SSSR count). The number of rotatable bonds is 3. The number of halogens is 1. The number of hydrogen-bond acceptors (Lipinski definition) is 4. The van der Waals surface area contributed by atoms with Crippen molar-refractivity contribution in [3.05, 3.63) is 17.4 Å². The third-order valence-electron chi connectivity index (χ3n) is 2.69. The summed E-state index contributed by atoms with van der Waals surface area (Å²) in [4.78, 5) is 0. The normalized spacial score (nSPS) is 14.5. The Labute approximate surface area is 99.1 Å². The average molecular weight is 241 g/mol. The van der Waals surface area contributed by atoms with Gasteiger partial charge in [-0.1, -0.05) is 0 Å². The van der Waals surface area contributed by atoms with Crippen LogP contribution in [0.4, 0.5) is 4.39 Å². The second-order valence-corrected chi connectivity index (χ2v) is 3.96. The minimum absolute atomic E-state index is 0.359. The first-order valence-corrected chi connectivity index (χ1v) is 5.74. The van der Waals surface area contributed by atoms with E-state index in [1.54, 1.807) is 0 Å². The molecule has 0 saturated heterocycles. The Balaban J connectivity index is 2.42. The van der Waals surface area contributed by atoms with Crippen molar-refractivity contribution in [1.82, 2.24) is 0 Å². The van der Waals surface area contributed by atoms with Gasteiger partial charge in [0.15, 0.2) is 23.1 Å². The fraction of sp³-hybridized carbons (Fsp3) is 0.500. The van der Waals surface area contributed by atoms with Crippen LogP contribution in [0.5, 0.6) is 17.2 Å². The Hall–Kier alpha value is -1.49. The molecular formula is C12H16FNO3. The van der Waals surface area contributed by atoms with Gasteiger partial charge in [-0.25, -0.2) is 4.39 Å². The zero-order valence-corrected chi connectivity index (χ0v) is 9.54. The van der Waals surface area contributed by atoms with E-state index in [1.165, 1.54) is 6.07 Å². The molecule has 17 heavy (non-hydrogen) atoms. The van der Waals surface area contributed by atoms with Crippen molar-refractivity contribution >= 4 is 0 Å². The summed E-state index contributed by atoms with van der Waals surface area (Å²) in [5.74, 6) is -0.219. The van der Waals surface area contributed by atoms with Crippen LogP contribution in [0.25, 0.3) is 0 Å². The van der Waals surface area contributed by atoms with Crippen molar-refractivity contribution in [3.8, 4) is 17.2 Å². The molecule has 0 radical (unpaired) electrons. The molecule has 1 aromatic carbocycles. The molecule has 0 fully saturated rings. The summed E-state index contributed by atoms with van der Waals surface area (Å²) in [7, 11) is 0. The van der Waals surface area contributed by atoms with E-state index in [9.17, 15) is 9.50 Å². The van der Waals surface area contributed by atoms with Crippen LogP contribution in [-0.4, -0.2) is 24.9 Å². The van der Waals surface area contributed by atoms with E-state index in [0.29, 0.717) is 49.7 Å². The maximum absolute atomic E-state index is 13.5. The highest BCUT2D eigenvalue weighted by Crippen LogP contribution is 2.41. The van der Waals surface area contributed by atoms with E-state index < -0.39 is 5.82 Å². The summed E-state index contributed by atoms with van der Waals surface area (Å²) in [5, 5.41) is 9.72. The van der Waals surface area contributed by atoms with E-state index >= 15 is 0 Å². The summed E-state index contributed by atoms with van der Waals surface area (Å²) in [6.45, 7) is 1.48. The molecule has 3 N–H and O–H groups in total. The second kappa shape index (κ2) is 5.23. The van der Waals surface area contributed by atoms with Crippen LogP contribution < -0.4 is 15.2 Å². The minimum Gasteiger partial charge on any atom is -0.505 e. The van der Waals surface area contributed by atoms with E-state index in [2.05, 4.69) is 0 Å². The summed E-state index contributed by atoms with van der Waals surface area (Å²) >= 11 is 0. The number of benzene rings is 1. The number of phenols is 1. The van der Waals surface area contributed by atoms with Crippen molar-refractivity contribution in [1.29, 1.82) is 0 Å². The summed E-state index contributed by atoms with van der Waals surface area (Å²) in [5.41, 5.74) is 5.88. The first-order valence-electron chi connectivity index (χ1n) is 5.74. The smallest absolute Gasteiger partial charge is 0.169 e. The third-order valence-corrected chi connectivity index (χ3v) is 2.69. The summed E-state index contributed by atoms with van der Waals surface area (Å²) in [6, 6.07) is 1.17. The lowest BCUT2D eigenvalue weighted by molar-refractivity contribution is 0.295. The molecule has 1 heterocycles. The molecule has 0 amide bonds. The highest BCUT2D eigenvalue weighted by molar-refractivity contribution is 5.54. The first kappa shape index (κ1) is 12.0. The van der Waals surface area contributed by atoms with Crippen LogP contribution in [0.2, 0.25) is 0 Å². The maximum atomic E-state index is 13.5.